The van der Waals surface area contributed by atoms with E-state index in [1.165, 1.54) is 20.1 Å². The number of carboxylic acids is 1. The molecule has 0 aromatic heterocycles. The van der Waals surface area contributed by atoms with Crippen LogP contribution in [0.25, 0.3) is 0 Å². The average Bonchev–Trinajstić information content (AvgIpc) is 1.30. The van der Waals surface area contributed by atoms with Gasteiger partial charge in [0.25, 0.3) is 0 Å². The largest absolute Gasteiger partial charge is 0.490 e. The molecule has 1 saturated heterocycles. The predicted molar refractivity (Wildman–Crippen MR) is 334 cm³/mol. The van der Waals surface area contributed by atoms with Crippen LogP contribution in [0.15, 0.2) is 30.3 Å². The first kappa shape index (κ1) is 83.5. The normalized spacial score (nSPS) is 22.2. The van der Waals surface area contributed by atoms with E-state index >= 15 is 0 Å². The van der Waals surface area contributed by atoms with Crippen LogP contribution in [0.5, 0.6) is 0 Å². The van der Waals surface area contributed by atoms with Gasteiger partial charge in [0.2, 0.25) is 65.0 Å². The van der Waals surface area contributed by atoms with Gasteiger partial charge in [-0.25, -0.2) is 4.79 Å². The Labute approximate surface area is 540 Å². The van der Waals surface area contributed by atoms with Crippen LogP contribution >= 0.6 is 0 Å². The molecule has 1 aliphatic rings. The monoisotopic (exact) mass is 1350 g/mol. The van der Waals surface area contributed by atoms with Gasteiger partial charge >= 0.3 is 12.1 Å². The lowest BCUT2D eigenvalue weighted by atomic mass is 10.0. The molecule has 32 nitrogen and oxygen atoms in total. The van der Waals surface area contributed by atoms with Crippen molar-refractivity contribution in [2.45, 2.75) is 190 Å². The number of unbranched alkanes of at least 4 members (excludes halogenated alkanes) is 1. The van der Waals surface area contributed by atoms with E-state index in [1.807, 2.05) is 0 Å². The second-order valence-electron chi connectivity index (χ2n) is 22.3. The van der Waals surface area contributed by atoms with Gasteiger partial charge in [-0.15, -0.1) is 0 Å². The molecule has 528 valence electrons. The third-order valence-electron chi connectivity index (χ3n) is 14.5. The second kappa shape index (κ2) is 44.2. The lowest BCUT2D eigenvalue weighted by Gasteiger charge is -2.28. The first-order chi connectivity index (χ1) is 43.8. The Morgan fingerprint density at radius 2 is 1.08 bits per heavy atom. The fraction of sp³-hybridized carbons (Fsp3) is 0.684. The van der Waals surface area contributed by atoms with Crippen molar-refractivity contribution >= 4 is 81.7 Å². The van der Waals surface area contributed by atoms with Crippen molar-refractivity contribution in [1.29, 1.82) is 0 Å². The SMILES string of the molecule is CCC(C)CCCCC(=O)N[C@@H](CCN)C(=O)N[C@H](C(=O)N[C@@H](CCN)C(=O)N[C@H]1CCNC(=O)[C@H]([C@@H](C)O)NC(=O)[C@H](CCN)NC(=O)[C@H](CCN)NC(=O)[C@H](CCS(C)=O)NC(=O)[C@@H](Cc2ccccc2)NC(=O)[C@H](CCN)NC1=O)[C@@H](C)O.O=C(O)C(F)(F)F. The van der Waals surface area contributed by atoms with Crippen molar-refractivity contribution in [3.8, 4) is 0 Å². The molecule has 24 N–H and O–H groups in total. The number of carbonyl (C=O) groups excluding carboxylic acids is 11. The zero-order valence-electron chi connectivity index (χ0n) is 53.1. The fourth-order valence-corrected chi connectivity index (χ4v) is 9.54. The fourth-order valence-electron chi connectivity index (χ4n) is 8.97. The van der Waals surface area contributed by atoms with E-state index in [1.54, 1.807) is 30.3 Å². The maximum Gasteiger partial charge on any atom is 0.490 e. The number of aliphatic hydroxyl groups excluding tert-OH is 2. The van der Waals surface area contributed by atoms with Crippen LogP contribution in [-0.2, 0) is 74.8 Å². The highest BCUT2D eigenvalue weighted by atomic mass is 32.2. The first-order valence-corrected chi connectivity index (χ1v) is 32.3. The zero-order valence-corrected chi connectivity index (χ0v) is 53.9. The quantitative estimate of drug-likeness (QED) is 0.0319. The number of rotatable bonds is 30. The number of alkyl halides is 3. The highest BCUT2D eigenvalue weighted by molar-refractivity contribution is 7.84. The molecule has 36 heteroatoms. The van der Waals surface area contributed by atoms with E-state index in [4.69, 9.17) is 38.6 Å². The van der Waals surface area contributed by atoms with Gasteiger partial charge in [-0.1, -0.05) is 63.4 Å². The van der Waals surface area contributed by atoms with E-state index in [0.29, 0.717) is 17.9 Å². The maximum absolute atomic E-state index is 14.5. The molecule has 14 atom stereocenters. The van der Waals surface area contributed by atoms with Crippen molar-refractivity contribution in [1.82, 2.24) is 58.5 Å². The number of nitrogens with two attached hydrogens (primary N) is 5. The minimum absolute atomic E-state index is 0.0256. The van der Waals surface area contributed by atoms with Crippen LogP contribution in [0.2, 0.25) is 0 Å². The molecule has 1 aliphatic heterocycles. The summed E-state index contributed by atoms with van der Waals surface area (Å²) in [7, 11) is -1.50. The Morgan fingerprint density at radius 3 is 1.53 bits per heavy atom. The molecule has 2 unspecified atom stereocenters. The Balaban J connectivity index is 0.00000581. The summed E-state index contributed by atoms with van der Waals surface area (Å²) in [6.07, 6.45) is -5.33. The molecule has 11 amide bonds. The predicted octanol–water partition coefficient (Wildman–Crippen LogP) is -5.89. The van der Waals surface area contributed by atoms with Gasteiger partial charge in [-0.3, -0.25) is 56.9 Å². The number of carboxylic acid groups (broad SMARTS) is 1. The smallest absolute Gasteiger partial charge is 0.475 e. The Hall–Kier alpha value is -7.48. The van der Waals surface area contributed by atoms with E-state index in [-0.39, 0.29) is 89.8 Å². The van der Waals surface area contributed by atoms with Gasteiger partial charge in [-0.05, 0) is 109 Å². The maximum atomic E-state index is 14.5. The summed E-state index contributed by atoms with van der Waals surface area (Å²) in [4.78, 5) is 163. The van der Waals surface area contributed by atoms with E-state index in [2.05, 4.69) is 72.3 Å². The minimum Gasteiger partial charge on any atom is -0.475 e. The Morgan fingerprint density at radius 1 is 0.613 bits per heavy atom. The third kappa shape index (κ3) is 32.3. The number of benzene rings is 1. The van der Waals surface area contributed by atoms with Gasteiger partial charge < -0.3 is 102 Å². The topological polar surface area (TPSA) is 545 Å². The Bertz CT molecular complexity index is 2620. The van der Waals surface area contributed by atoms with Crippen LogP contribution in [0.4, 0.5) is 13.2 Å². The summed E-state index contributed by atoms with van der Waals surface area (Å²) in [5.41, 5.74) is 29.8. The average molecular weight is 1350 g/mol. The molecule has 0 radical (unpaired) electrons. The van der Waals surface area contributed by atoms with Crippen LogP contribution in [0, 0.1) is 5.92 Å². The number of carbonyl (C=O) groups is 12. The summed E-state index contributed by atoms with van der Waals surface area (Å²) >= 11 is 0. The first-order valence-electron chi connectivity index (χ1n) is 30.6. The number of aliphatic carboxylic acids is 1. The molecule has 1 fully saturated rings. The molecule has 0 saturated carbocycles. The molecule has 0 bridgehead atoms. The van der Waals surface area contributed by atoms with Crippen molar-refractivity contribution in [3.63, 3.8) is 0 Å². The third-order valence-corrected chi connectivity index (χ3v) is 15.3. The molecular formula is C57H97F3N16O16S. The molecule has 0 spiro atoms. The molecule has 1 aromatic rings. The van der Waals surface area contributed by atoms with E-state index < -0.39 is 174 Å². The molecule has 1 heterocycles. The van der Waals surface area contributed by atoms with Crippen molar-refractivity contribution < 1.29 is 90.2 Å². The van der Waals surface area contributed by atoms with Gasteiger partial charge in [0.05, 0.1) is 12.2 Å². The number of hydrogen-bond donors (Lipinski definition) is 19. The van der Waals surface area contributed by atoms with E-state index in [0.717, 1.165) is 19.3 Å². The number of hydrogen-bond acceptors (Lipinski definition) is 20. The van der Waals surface area contributed by atoms with Crippen LogP contribution in [0.3, 0.4) is 0 Å². The van der Waals surface area contributed by atoms with Gasteiger partial charge in [-0.2, -0.15) is 13.2 Å². The number of halogens is 3. The lowest BCUT2D eigenvalue weighted by Crippen LogP contribution is -2.62. The standard InChI is InChI=1S/C55H96N16O14S.C2HF3O2/c1-6-31(2)12-10-11-15-43(74)62-35(16-23-56)51(80)71-45(33(4)73)55(84)68-38(19-26-59)47(76)66-40-21-28-61-54(83)44(32(3)72)70-52(81)39(20-27-60)65-46(75)36(17-24-57)64-50(79)41(22-29-86(5)85)67-53(82)42(30-34-13-8-7-9-14-34)69-48(77)37(18-25-58)63-49(40)78;3-2(4,5)1(6)7/h7-9,13-14,31-33,35-42,44-45,72-73H,6,10-12,15-30,56-60H2,1-5H3,(H,61,83)(H,62,74)(H,63,78)(H,64,79)(H,65,75)(H,66,76)(H,67,82)(H,68,84)(H,69,77)(H,70,81)(H,71,80);(H,6,7)/t31?,32-,33-,35+,36+,37+,38+,39+,40+,41+,42-,44+,45+,86?;/m1./s1. The van der Waals surface area contributed by atoms with Crippen molar-refractivity contribution in [2.24, 2.45) is 34.6 Å². The van der Waals surface area contributed by atoms with Crippen LogP contribution in [0.1, 0.15) is 110 Å². The van der Waals surface area contributed by atoms with Gasteiger partial charge in [0.15, 0.2) is 0 Å². The van der Waals surface area contributed by atoms with E-state index in [9.17, 15) is 80.3 Å². The molecular weight excluding hydrogens is 1250 g/mol. The summed E-state index contributed by atoms with van der Waals surface area (Å²) in [6.45, 7) is 5.25. The van der Waals surface area contributed by atoms with Crippen LogP contribution < -0.4 is 87.2 Å². The zero-order chi connectivity index (χ0) is 70.5. The summed E-state index contributed by atoms with van der Waals surface area (Å²) in [5, 5.41) is 56.4. The molecule has 1 aromatic carbocycles. The lowest BCUT2D eigenvalue weighted by molar-refractivity contribution is -0.192. The minimum atomic E-state index is -5.08. The Kier molecular flexibility index (Phi) is 39.7. The van der Waals surface area contributed by atoms with Crippen molar-refractivity contribution in [3.05, 3.63) is 35.9 Å². The number of nitrogens with one attached hydrogen (secondary N) is 11. The van der Waals surface area contributed by atoms with Crippen molar-refractivity contribution in [2.75, 3.05) is 51.3 Å². The summed E-state index contributed by atoms with van der Waals surface area (Å²) < 4.78 is 44.1. The summed E-state index contributed by atoms with van der Waals surface area (Å²) in [5.74, 6) is -12.6. The van der Waals surface area contributed by atoms with Crippen LogP contribution in [-0.4, -0.2) is 221 Å². The number of aliphatic hydroxyl groups is 2. The second-order valence-corrected chi connectivity index (χ2v) is 23.8. The molecule has 0 aliphatic carbocycles. The number of amides is 11. The van der Waals surface area contributed by atoms with Gasteiger partial charge in [0, 0.05) is 42.2 Å². The molecule has 93 heavy (non-hydrogen) atoms. The highest BCUT2D eigenvalue weighted by Gasteiger charge is 2.39. The van der Waals surface area contributed by atoms with Gasteiger partial charge in [0.1, 0.15) is 60.4 Å². The highest BCUT2D eigenvalue weighted by Crippen LogP contribution is 2.15. The molecule has 2 rings (SSSR count). The summed E-state index contributed by atoms with van der Waals surface area (Å²) in [6, 6.07) is -6.89.